The van der Waals surface area contributed by atoms with Gasteiger partial charge in [0, 0.05) is 12.7 Å². The van der Waals surface area contributed by atoms with Crippen molar-refractivity contribution in [3.63, 3.8) is 0 Å². The molecule has 0 heterocycles. The second-order valence-corrected chi connectivity index (χ2v) is 5.68. The van der Waals surface area contributed by atoms with Crippen LogP contribution >= 0.6 is 0 Å². The van der Waals surface area contributed by atoms with Gasteiger partial charge in [0.05, 0.1) is 4.90 Å². The number of carbonyl (C=O) groups excluding carboxylic acids is 1. The molecule has 0 saturated carbocycles. The van der Waals surface area contributed by atoms with Crippen LogP contribution in [0.2, 0.25) is 0 Å². The molecule has 0 aliphatic rings. The lowest BCUT2D eigenvalue weighted by molar-refractivity contribution is 0.248. The monoisotopic (exact) mass is 271 g/mol. The molecular formula is C11H17N3O3S. The Hall–Kier alpha value is -1.76. The largest absolute Gasteiger partial charge is 0.398 e. The van der Waals surface area contributed by atoms with Gasteiger partial charge >= 0.3 is 6.03 Å². The molecule has 2 amide bonds. The van der Waals surface area contributed by atoms with E-state index in [1.165, 1.54) is 7.05 Å². The van der Waals surface area contributed by atoms with E-state index in [-0.39, 0.29) is 4.90 Å². The number of sulfonamides is 1. The third-order valence-electron chi connectivity index (χ3n) is 2.68. The molecule has 0 spiro atoms. The first kappa shape index (κ1) is 14.3. The summed E-state index contributed by atoms with van der Waals surface area (Å²) in [6.45, 7) is 5.09. The van der Waals surface area contributed by atoms with Gasteiger partial charge in [0.15, 0.2) is 0 Å². The van der Waals surface area contributed by atoms with Gasteiger partial charge in [0.25, 0.3) is 10.0 Å². The number of hydrogen-bond donors (Lipinski definition) is 3. The number of aryl methyl sites for hydroxylation is 2. The fourth-order valence-corrected chi connectivity index (χ4v) is 3.26. The minimum atomic E-state index is -3.91. The lowest BCUT2D eigenvalue weighted by Gasteiger charge is -2.15. The van der Waals surface area contributed by atoms with Crippen LogP contribution in [0.25, 0.3) is 0 Å². The Bertz CT molecular complexity index is 594. The van der Waals surface area contributed by atoms with Crippen LogP contribution in [0.1, 0.15) is 16.7 Å². The number of nitrogens with two attached hydrogens (primary N) is 1. The average Bonchev–Trinajstić information content (AvgIpc) is 2.24. The van der Waals surface area contributed by atoms with E-state index in [2.05, 4.69) is 5.32 Å². The quantitative estimate of drug-likeness (QED) is 0.693. The molecule has 1 aromatic carbocycles. The number of nitrogen functional groups attached to an aromatic ring is 1. The van der Waals surface area contributed by atoms with Crippen molar-refractivity contribution in [2.24, 2.45) is 0 Å². The first-order valence-corrected chi connectivity index (χ1v) is 6.79. The van der Waals surface area contributed by atoms with Crippen molar-refractivity contribution >= 4 is 21.7 Å². The van der Waals surface area contributed by atoms with Gasteiger partial charge in [-0.1, -0.05) is 6.07 Å². The Morgan fingerprint density at radius 1 is 1.22 bits per heavy atom. The summed E-state index contributed by atoms with van der Waals surface area (Å²) in [4.78, 5) is 11.2. The number of carbonyl (C=O) groups is 1. The summed E-state index contributed by atoms with van der Waals surface area (Å²) in [7, 11) is -2.57. The van der Waals surface area contributed by atoms with Crippen molar-refractivity contribution in [3.05, 3.63) is 22.8 Å². The van der Waals surface area contributed by atoms with Crippen molar-refractivity contribution in [2.45, 2.75) is 25.7 Å². The predicted molar refractivity (Wildman–Crippen MR) is 69.8 cm³/mol. The summed E-state index contributed by atoms with van der Waals surface area (Å²) >= 11 is 0. The highest BCUT2D eigenvalue weighted by molar-refractivity contribution is 7.90. The van der Waals surface area contributed by atoms with Crippen LogP contribution in [-0.2, 0) is 10.0 Å². The highest BCUT2D eigenvalue weighted by Gasteiger charge is 2.23. The van der Waals surface area contributed by atoms with Gasteiger partial charge < -0.3 is 11.1 Å². The molecule has 18 heavy (non-hydrogen) atoms. The van der Waals surface area contributed by atoms with Crippen LogP contribution in [-0.4, -0.2) is 21.5 Å². The molecule has 0 saturated heterocycles. The number of anilines is 1. The predicted octanol–water partition coefficient (Wildman–Crippen LogP) is 0.812. The minimum Gasteiger partial charge on any atom is -0.398 e. The molecule has 0 atom stereocenters. The summed E-state index contributed by atoms with van der Waals surface area (Å²) in [5.41, 5.74) is 8.04. The number of benzene rings is 1. The van der Waals surface area contributed by atoms with Gasteiger partial charge in [0.1, 0.15) is 0 Å². The van der Waals surface area contributed by atoms with Gasteiger partial charge in [-0.05, 0) is 37.5 Å². The summed E-state index contributed by atoms with van der Waals surface area (Å²) in [5.74, 6) is 0. The first-order valence-electron chi connectivity index (χ1n) is 5.31. The summed E-state index contributed by atoms with van der Waals surface area (Å²) in [6.07, 6.45) is 0. The molecule has 0 bridgehead atoms. The zero-order valence-corrected chi connectivity index (χ0v) is 11.6. The number of amides is 2. The van der Waals surface area contributed by atoms with E-state index in [9.17, 15) is 13.2 Å². The Balaban J connectivity index is 3.42. The van der Waals surface area contributed by atoms with Crippen molar-refractivity contribution in [1.29, 1.82) is 0 Å². The van der Waals surface area contributed by atoms with Crippen molar-refractivity contribution in [2.75, 3.05) is 12.8 Å². The van der Waals surface area contributed by atoms with Gasteiger partial charge in [-0.15, -0.1) is 0 Å². The third-order valence-corrected chi connectivity index (χ3v) is 4.30. The van der Waals surface area contributed by atoms with E-state index in [4.69, 9.17) is 5.73 Å². The van der Waals surface area contributed by atoms with Gasteiger partial charge in [0.2, 0.25) is 0 Å². The number of hydrogen-bond acceptors (Lipinski definition) is 4. The zero-order chi connectivity index (χ0) is 14.1. The molecule has 1 rings (SSSR count). The van der Waals surface area contributed by atoms with E-state index in [0.717, 1.165) is 5.56 Å². The maximum atomic E-state index is 12.1. The average molecular weight is 271 g/mol. The van der Waals surface area contributed by atoms with Crippen LogP contribution in [0.3, 0.4) is 0 Å². The number of nitrogens with one attached hydrogen (secondary N) is 2. The lowest BCUT2D eigenvalue weighted by Crippen LogP contribution is -2.38. The van der Waals surface area contributed by atoms with Crippen molar-refractivity contribution in [3.8, 4) is 0 Å². The molecule has 0 aromatic heterocycles. The smallest absolute Gasteiger partial charge is 0.328 e. The van der Waals surface area contributed by atoms with Gasteiger partial charge in [-0.25, -0.2) is 17.9 Å². The molecule has 0 aliphatic heterocycles. The van der Waals surface area contributed by atoms with E-state index >= 15 is 0 Å². The lowest BCUT2D eigenvalue weighted by atomic mass is 10.1. The standard InChI is InChI=1S/C11H17N3O3S/c1-6-5-7(2)10(8(3)9(6)12)18(16,17)14-11(15)13-4/h5H,12H2,1-4H3,(H2,13,14,15). The molecule has 0 aliphatic carbocycles. The maximum Gasteiger partial charge on any atom is 0.328 e. The van der Waals surface area contributed by atoms with E-state index in [1.807, 2.05) is 4.72 Å². The van der Waals surface area contributed by atoms with Gasteiger partial charge in [-0.2, -0.15) is 0 Å². The van der Waals surface area contributed by atoms with Crippen molar-refractivity contribution < 1.29 is 13.2 Å². The maximum absolute atomic E-state index is 12.1. The van der Waals surface area contributed by atoms with E-state index in [1.54, 1.807) is 26.8 Å². The molecule has 7 heteroatoms. The molecule has 0 unspecified atom stereocenters. The molecule has 1 aromatic rings. The third kappa shape index (κ3) is 2.56. The molecule has 4 N–H and O–H groups in total. The number of rotatable bonds is 2. The van der Waals surface area contributed by atoms with Crippen LogP contribution in [0.5, 0.6) is 0 Å². The Morgan fingerprint density at radius 3 is 2.28 bits per heavy atom. The van der Waals surface area contributed by atoms with E-state index < -0.39 is 16.1 Å². The summed E-state index contributed by atoms with van der Waals surface area (Å²) in [5, 5.41) is 2.20. The van der Waals surface area contributed by atoms with Crippen LogP contribution in [0.15, 0.2) is 11.0 Å². The Labute approximate surface area is 107 Å². The number of urea groups is 1. The van der Waals surface area contributed by atoms with Crippen LogP contribution < -0.4 is 15.8 Å². The van der Waals surface area contributed by atoms with Crippen LogP contribution in [0, 0.1) is 20.8 Å². The summed E-state index contributed by atoms with van der Waals surface area (Å²) in [6, 6.07) is 0.897. The SMILES string of the molecule is CNC(=O)NS(=O)(=O)c1c(C)cc(C)c(N)c1C. The molecule has 100 valence electrons. The second-order valence-electron chi connectivity index (χ2n) is 4.06. The highest BCUT2D eigenvalue weighted by atomic mass is 32.2. The fourth-order valence-electron chi connectivity index (χ4n) is 1.82. The molecule has 6 nitrogen and oxygen atoms in total. The molecule has 0 fully saturated rings. The topological polar surface area (TPSA) is 101 Å². The van der Waals surface area contributed by atoms with Crippen LogP contribution in [0.4, 0.5) is 10.5 Å². The zero-order valence-electron chi connectivity index (χ0n) is 10.8. The Kier molecular flexibility index (Phi) is 3.85. The first-order chi connectivity index (χ1) is 8.20. The normalized spacial score (nSPS) is 11.1. The Morgan fingerprint density at radius 2 is 1.78 bits per heavy atom. The molecular weight excluding hydrogens is 254 g/mol. The minimum absolute atomic E-state index is 0.0502. The second kappa shape index (κ2) is 4.85. The van der Waals surface area contributed by atoms with Crippen molar-refractivity contribution in [1.82, 2.24) is 10.0 Å². The van der Waals surface area contributed by atoms with E-state index in [0.29, 0.717) is 16.8 Å². The van der Waals surface area contributed by atoms with Gasteiger partial charge in [-0.3, -0.25) is 0 Å². The highest BCUT2D eigenvalue weighted by Crippen LogP contribution is 2.27. The summed E-state index contributed by atoms with van der Waals surface area (Å²) < 4.78 is 26.1. The molecule has 0 radical (unpaired) electrons. The fraction of sp³-hybridized carbons (Fsp3) is 0.364.